The van der Waals surface area contributed by atoms with Gasteiger partial charge in [0.25, 0.3) is 0 Å². The molecule has 0 atom stereocenters. The van der Waals surface area contributed by atoms with Gasteiger partial charge in [-0.2, -0.15) is 12.1 Å². The average Bonchev–Trinajstić information content (AvgIpc) is 3.91. The first-order valence-electron chi connectivity index (χ1n) is 25.7. The summed E-state index contributed by atoms with van der Waals surface area (Å²) in [5.74, 6) is 4.51. The van der Waals surface area contributed by atoms with Crippen molar-refractivity contribution in [1.29, 1.82) is 0 Å². The van der Waals surface area contributed by atoms with Crippen LogP contribution in [0.5, 0.6) is 11.5 Å². The van der Waals surface area contributed by atoms with E-state index in [0.29, 0.717) is 11.5 Å². The van der Waals surface area contributed by atoms with Gasteiger partial charge in [-0.25, -0.2) is 4.98 Å². The second-order valence-electron chi connectivity index (χ2n) is 24.0. The van der Waals surface area contributed by atoms with Crippen LogP contribution in [-0.4, -0.2) is 21.2 Å². The largest absolute Gasteiger partial charge is 0.509 e. The van der Waals surface area contributed by atoms with E-state index in [4.69, 9.17) is 9.72 Å². The molecule has 6 aromatic carbocycles. The Morgan fingerprint density at radius 3 is 1.93 bits per heavy atom. The number of allylic oxidation sites excluding steroid dienone is 4. The summed E-state index contributed by atoms with van der Waals surface area (Å²) in [4.78, 5) is 11.9. The van der Waals surface area contributed by atoms with Gasteiger partial charge in [-0.05, 0) is 132 Å². The fraction of sp³-hybridized carbons (Fsp3) is 0.242. The third-order valence-corrected chi connectivity index (χ3v) is 14.6. The van der Waals surface area contributed by atoms with Crippen LogP contribution < -0.4 is 14.5 Å². The molecule has 0 saturated carbocycles. The molecule has 8 aromatic rings. The maximum absolute atomic E-state index is 6.75. The van der Waals surface area contributed by atoms with Crippen LogP contribution in [0.15, 0.2) is 176 Å². The number of aromatic nitrogens is 2. The molecule has 0 amide bonds. The van der Waals surface area contributed by atoms with Gasteiger partial charge in [0.1, 0.15) is 5.82 Å². The van der Waals surface area contributed by atoms with Crippen LogP contribution >= 0.6 is 0 Å². The number of para-hydroxylation sites is 3. The first-order valence-corrected chi connectivity index (χ1v) is 25.7. The molecule has 0 unspecified atom stereocenters. The number of ether oxygens (including phenoxy) is 1. The molecule has 0 radical (unpaired) electrons. The zero-order valence-corrected chi connectivity index (χ0v) is 47.1. The molecule has 0 fully saturated rings. The van der Waals surface area contributed by atoms with E-state index in [2.05, 4.69) is 267 Å². The number of anilines is 3. The summed E-state index contributed by atoms with van der Waals surface area (Å²) in [6, 6.07) is 55.2. The molecule has 8 heteroatoms. The molecule has 6 nitrogen and oxygen atoms in total. The van der Waals surface area contributed by atoms with Crippen molar-refractivity contribution in [3.05, 3.63) is 228 Å². The Balaban J connectivity index is 0.00000626. The zero-order chi connectivity index (χ0) is 51.2. The quantitative estimate of drug-likeness (QED) is 0.117. The molecule has 3 aliphatic heterocycles. The minimum Gasteiger partial charge on any atom is -0.509 e. The topological polar surface area (TPSA) is 36.8 Å². The summed E-state index contributed by atoms with van der Waals surface area (Å²) in [6.45, 7) is 29.6. The van der Waals surface area contributed by atoms with Crippen LogP contribution in [-0.2, 0) is 42.7 Å². The summed E-state index contributed by atoms with van der Waals surface area (Å²) >= 11 is 0. The molecule has 74 heavy (non-hydrogen) atoms. The Kier molecular flexibility index (Phi) is 12.9. The zero-order valence-electron chi connectivity index (χ0n) is 44.8. The van der Waals surface area contributed by atoms with Gasteiger partial charge in [0.05, 0.1) is 0 Å². The molecule has 2 aromatic heterocycles. The number of pyridine rings is 1. The molecular formula is C66H65BN5OPt-3. The van der Waals surface area contributed by atoms with Crippen molar-refractivity contribution >= 4 is 56.9 Å². The van der Waals surface area contributed by atoms with Crippen LogP contribution in [0.25, 0.3) is 38.8 Å². The maximum atomic E-state index is 6.75. The van der Waals surface area contributed by atoms with Crippen molar-refractivity contribution in [3.63, 3.8) is 0 Å². The van der Waals surface area contributed by atoms with E-state index in [0.717, 1.165) is 44.7 Å². The minimum absolute atomic E-state index is 0. The molecule has 376 valence electrons. The summed E-state index contributed by atoms with van der Waals surface area (Å²) < 4.78 is 8.95. The van der Waals surface area contributed by atoms with E-state index < -0.39 is 0 Å². The van der Waals surface area contributed by atoms with Gasteiger partial charge in [-0.3, -0.25) is 0 Å². The third kappa shape index (κ3) is 9.38. The number of hydrogen-bond donors (Lipinski definition) is 0. The van der Waals surface area contributed by atoms with E-state index in [1.165, 1.54) is 50.1 Å². The standard InChI is InChI=1S/C66H65BN5O.Pt/c1-63(2,3)46-30-33-68-61(39-46)72-57-25-16-14-23-53(57)54-29-28-51(41-60(54)72)73-50-21-19-20-49(40-50)70-43-71(59-27-18-17-26-58(59)70)62-55(52-22-13-15-24-56(52)66(10,11)12)32-35-69-34-31-44(42-67(62)69)45-36-47(64(4,5)6)38-48(37-45)65(7,8)9;/h13-39,42-43H,1-12H3;/q-3;. The Hall–Kier alpha value is -6.82. The molecule has 0 saturated heterocycles. The van der Waals surface area contributed by atoms with Crippen molar-refractivity contribution in [2.45, 2.75) is 105 Å². The van der Waals surface area contributed by atoms with E-state index in [-0.39, 0.29) is 49.6 Å². The number of nitrogens with zero attached hydrogens (tertiary/aromatic N) is 5. The maximum Gasteiger partial charge on any atom is 0.335 e. The van der Waals surface area contributed by atoms with Crippen molar-refractivity contribution in [1.82, 2.24) is 14.4 Å². The minimum atomic E-state index is -0.125. The second-order valence-corrected chi connectivity index (χ2v) is 24.0. The predicted octanol–water partition coefficient (Wildman–Crippen LogP) is 16.8. The van der Waals surface area contributed by atoms with Crippen molar-refractivity contribution in [2.24, 2.45) is 0 Å². The van der Waals surface area contributed by atoms with Crippen LogP contribution in [0.1, 0.15) is 116 Å². The fourth-order valence-electron chi connectivity index (χ4n) is 10.5. The van der Waals surface area contributed by atoms with E-state index in [1.807, 2.05) is 24.4 Å². The summed E-state index contributed by atoms with van der Waals surface area (Å²) in [5, 5.41) is 2.23. The summed E-state index contributed by atoms with van der Waals surface area (Å²) in [5.41, 5.74) is 16.1. The Labute approximate surface area is 454 Å². The van der Waals surface area contributed by atoms with Gasteiger partial charge in [-0.15, -0.1) is 48.1 Å². The number of rotatable bonds is 7. The Morgan fingerprint density at radius 1 is 0.568 bits per heavy atom. The molecular weight excluding hydrogens is 1080 g/mol. The van der Waals surface area contributed by atoms with E-state index >= 15 is 0 Å². The molecule has 0 spiro atoms. The summed E-state index contributed by atoms with van der Waals surface area (Å²) in [6.07, 6.45) is 11.0. The van der Waals surface area contributed by atoms with Gasteiger partial charge >= 0.3 is 6.85 Å². The normalized spacial score (nSPS) is 14.9. The molecule has 3 aliphatic rings. The predicted molar refractivity (Wildman–Crippen MR) is 307 cm³/mol. The van der Waals surface area contributed by atoms with Gasteiger partial charge < -0.3 is 23.9 Å². The smallest absolute Gasteiger partial charge is 0.335 e. The molecule has 5 heterocycles. The monoisotopic (exact) mass is 1150 g/mol. The molecule has 0 bridgehead atoms. The van der Waals surface area contributed by atoms with Crippen LogP contribution in [0.3, 0.4) is 0 Å². The van der Waals surface area contributed by atoms with Gasteiger partial charge in [0.2, 0.25) is 0 Å². The first-order chi connectivity index (χ1) is 34.7. The SMILES string of the molecule is CC(C)(C)c1cc(C2=CB3C(N4[CH-]N(c5[c-]c(Oc6[c-]c7c(cc6)c6ccccc6n7-c6cc(C(C)(C)C)ccn6)ccc5)c5ccccc54)=C(c4ccccc4C(C)(C)C)C=CN3C=C2)cc(C(C)(C)C)c1.[Pt]. The van der Waals surface area contributed by atoms with Crippen molar-refractivity contribution in [3.8, 4) is 17.3 Å². The fourth-order valence-corrected chi connectivity index (χ4v) is 10.5. The van der Waals surface area contributed by atoms with E-state index in [9.17, 15) is 0 Å². The van der Waals surface area contributed by atoms with E-state index in [1.54, 1.807) is 0 Å². The van der Waals surface area contributed by atoms with Crippen molar-refractivity contribution in [2.75, 3.05) is 9.80 Å². The molecule has 0 aliphatic carbocycles. The van der Waals surface area contributed by atoms with Crippen LogP contribution in [0.4, 0.5) is 17.1 Å². The number of benzene rings is 6. The van der Waals surface area contributed by atoms with Gasteiger partial charge in [-0.1, -0.05) is 167 Å². The average molecular weight is 1150 g/mol. The third-order valence-electron chi connectivity index (χ3n) is 14.6. The molecule has 11 rings (SSSR count). The second kappa shape index (κ2) is 18.8. The number of hydrogen-bond acceptors (Lipinski definition) is 5. The van der Waals surface area contributed by atoms with Gasteiger partial charge in [0.15, 0.2) is 0 Å². The van der Waals surface area contributed by atoms with Gasteiger partial charge in [0, 0.05) is 55.7 Å². The Morgan fingerprint density at radius 2 is 1.22 bits per heavy atom. The summed E-state index contributed by atoms with van der Waals surface area (Å²) in [7, 11) is 0. The van der Waals surface area contributed by atoms with Crippen molar-refractivity contribution < 1.29 is 25.8 Å². The molecule has 0 N–H and O–H groups in total. The Bertz CT molecular complexity index is 3570. The first kappa shape index (κ1) is 50.7. The van der Waals surface area contributed by atoms with Crippen LogP contribution in [0.2, 0.25) is 0 Å². The van der Waals surface area contributed by atoms with Crippen LogP contribution in [0, 0.1) is 18.8 Å². The number of fused-ring (bicyclic) bond motifs is 5.